The summed E-state index contributed by atoms with van der Waals surface area (Å²) in [6.07, 6.45) is -6.15. The van der Waals surface area contributed by atoms with Gasteiger partial charge >= 0.3 is 35.9 Å². The molecular formula is C31H44F10N2O3. The highest BCUT2D eigenvalue weighted by Gasteiger charge is 2.81. The lowest BCUT2D eigenvalue weighted by Crippen LogP contribution is -2.69. The van der Waals surface area contributed by atoms with E-state index in [0.29, 0.717) is 86.8 Å². The van der Waals surface area contributed by atoms with Gasteiger partial charge in [0.25, 0.3) is 5.91 Å². The average Bonchev–Trinajstić information content (AvgIpc) is 3.02. The minimum Gasteiger partial charge on any atom is -0.331 e. The Morgan fingerprint density at radius 2 is 0.739 bits per heavy atom. The molecule has 4 rings (SSSR count). The smallest absolute Gasteiger partial charge is 0.331 e. The van der Waals surface area contributed by atoms with Gasteiger partial charge in [-0.2, -0.15) is 43.9 Å². The summed E-state index contributed by atoms with van der Waals surface area (Å²) in [7, 11) is 0. The van der Waals surface area contributed by atoms with Crippen LogP contribution in [0, 0.1) is 0 Å². The van der Waals surface area contributed by atoms with Gasteiger partial charge in [0.05, 0.1) is 0 Å². The summed E-state index contributed by atoms with van der Waals surface area (Å²) in [5, 5.41) is 0. The van der Waals surface area contributed by atoms with Gasteiger partial charge in [-0.05, 0) is 51.4 Å². The number of ether oxygens (including phenoxy) is 1. The molecular weight excluding hydrogens is 638 g/mol. The molecule has 1 atom stereocenters. The first-order valence-corrected chi connectivity index (χ1v) is 16.7. The molecule has 4 fully saturated rings. The second kappa shape index (κ2) is 14.4. The molecule has 0 saturated heterocycles. The summed E-state index contributed by atoms with van der Waals surface area (Å²) < 4.78 is 154. The van der Waals surface area contributed by atoms with Gasteiger partial charge in [0.2, 0.25) is 0 Å². The molecule has 0 N–H and O–H groups in total. The van der Waals surface area contributed by atoms with Crippen molar-refractivity contribution in [2.45, 2.75) is 183 Å². The van der Waals surface area contributed by atoms with E-state index in [2.05, 4.69) is 4.74 Å². The second-order valence-electron chi connectivity index (χ2n) is 13.5. The van der Waals surface area contributed by atoms with Crippen LogP contribution < -0.4 is 0 Å². The summed E-state index contributed by atoms with van der Waals surface area (Å²) in [4.78, 5) is 27.6. The average molecular weight is 683 g/mol. The molecule has 15 heteroatoms. The Kier molecular flexibility index (Phi) is 11.6. The normalized spacial score (nSPS) is 24.0. The van der Waals surface area contributed by atoms with Crippen LogP contribution in [0.2, 0.25) is 0 Å². The molecule has 0 aromatic rings. The maximum atomic E-state index is 15.9. The zero-order valence-electron chi connectivity index (χ0n) is 25.9. The predicted molar refractivity (Wildman–Crippen MR) is 147 cm³/mol. The lowest BCUT2D eigenvalue weighted by atomic mass is 9.87. The van der Waals surface area contributed by atoms with Crippen molar-refractivity contribution >= 4 is 11.8 Å². The number of halogens is 10. The van der Waals surface area contributed by atoms with Gasteiger partial charge in [0.15, 0.2) is 0 Å². The third-order valence-corrected chi connectivity index (χ3v) is 10.3. The Morgan fingerprint density at radius 1 is 0.457 bits per heavy atom. The van der Waals surface area contributed by atoms with Crippen molar-refractivity contribution < 1.29 is 58.2 Å². The number of carbonyl (C=O) groups is 2. The van der Waals surface area contributed by atoms with Gasteiger partial charge in [0, 0.05) is 24.2 Å². The number of rotatable bonds is 10. The Bertz CT molecular complexity index is 998. The first-order valence-electron chi connectivity index (χ1n) is 16.7. The van der Waals surface area contributed by atoms with Crippen molar-refractivity contribution in [2.24, 2.45) is 0 Å². The molecule has 0 radical (unpaired) electrons. The van der Waals surface area contributed by atoms with Crippen LogP contribution in [0.3, 0.4) is 0 Å². The number of hydrogen-bond donors (Lipinski definition) is 0. The molecule has 4 aliphatic rings. The molecule has 4 aliphatic carbocycles. The third kappa shape index (κ3) is 7.28. The van der Waals surface area contributed by atoms with E-state index >= 15 is 30.7 Å². The van der Waals surface area contributed by atoms with E-state index < -0.39 is 66.0 Å². The quantitative estimate of drug-likeness (QED) is 0.216. The van der Waals surface area contributed by atoms with E-state index in [9.17, 15) is 22.8 Å². The van der Waals surface area contributed by atoms with Crippen molar-refractivity contribution in [3.8, 4) is 0 Å². The molecule has 4 saturated carbocycles. The minimum atomic E-state index is -6.96. The van der Waals surface area contributed by atoms with E-state index in [1.54, 1.807) is 0 Å². The van der Waals surface area contributed by atoms with Crippen molar-refractivity contribution in [3.63, 3.8) is 0 Å². The zero-order chi connectivity index (χ0) is 34.0. The van der Waals surface area contributed by atoms with Gasteiger partial charge in [-0.15, -0.1) is 0 Å². The van der Waals surface area contributed by atoms with E-state index in [4.69, 9.17) is 0 Å². The van der Waals surface area contributed by atoms with Crippen LogP contribution in [0.5, 0.6) is 0 Å². The summed E-state index contributed by atoms with van der Waals surface area (Å²) in [5.41, 5.74) is 0. The summed E-state index contributed by atoms with van der Waals surface area (Å²) in [6.45, 7) is 0. The Labute approximate surface area is 262 Å². The minimum absolute atomic E-state index is 0.119. The Balaban J connectivity index is 1.67. The van der Waals surface area contributed by atoms with Crippen molar-refractivity contribution in [2.75, 3.05) is 0 Å². The van der Waals surface area contributed by atoms with Crippen LogP contribution in [0.1, 0.15) is 128 Å². The summed E-state index contributed by atoms with van der Waals surface area (Å²) >= 11 is 0. The highest BCUT2D eigenvalue weighted by molar-refractivity contribution is 5.86. The van der Waals surface area contributed by atoms with Crippen LogP contribution in [0.25, 0.3) is 0 Å². The van der Waals surface area contributed by atoms with Crippen LogP contribution >= 0.6 is 0 Å². The molecule has 266 valence electrons. The summed E-state index contributed by atoms with van der Waals surface area (Å²) in [5.74, 6) is -24.7. The molecule has 0 unspecified atom stereocenters. The van der Waals surface area contributed by atoms with Gasteiger partial charge in [-0.1, -0.05) is 77.0 Å². The molecule has 0 heterocycles. The van der Waals surface area contributed by atoms with Crippen LogP contribution in [0.4, 0.5) is 43.9 Å². The second-order valence-corrected chi connectivity index (χ2v) is 13.5. The van der Waals surface area contributed by atoms with Crippen LogP contribution in [0.15, 0.2) is 0 Å². The van der Waals surface area contributed by atoms with Crippen molar-refractivity contribution in [1.82, 2.24) is 9.80 Å². The number of hydrogen-bond acceptors (Lipinski definition) is 3. The maximum Gasteiger partial charge on any atom is 0.458 e. The maximum absolute atomic E-state index is 15.9. The Hall–Kier alpha value is -1.80. The van der Waals surface area contributed by atoms with E-state index in [-0.39, 0.29) is 51.4 Å². The first kappa shape index (κ1) is 37.0. The monoisotopic (exact) mass is 682 g/mol. The SMILES string of the molecule is O=C(N(C1CCCCC1)C1CCCCC1)C(F)(F)C(F)(F)C(F)(F)O[C@](F)(C(=O)N(C1CCCCC1)C1CCCCC1)C(F)(F)F. The lowest BCUT2D eigenvalue weighted by molar-refractivity contribution is -0.457. The number of amides is 2. The van der Waals surface area contributed by atoms with Crippen molar-refractivity contribution in [1.29, 1.82) is 0 Å². The van der Waals surface area contributed by atoms with E-state index in [1.807, 2.05) is 0 Å². The van der Waals surface area contributed by atoms with E-state index in [0.717, 1.165) is 0 Å². The van der Waals surface area contributed by atoms with Gasteiger partial charge in [0.1, 0.15) is 0 Å². The molecule has 46 heavy (non-hydrogen) atoms. The fourth-order valence-corrected chi connectivity index (χ4v) is 7.81. The molecule has 0 aromatic heterocycles. The predicted octanol–water partition coefficient (Wildman–Crippen LogP) is 9.08. The molecule has 0 spiro atoms. The number of nitrogens with zero attached hydrogens (tertiary/aromatic N) is 2. The van der Waals surface area contributed by atoms with Crippen LogP contribution in [-0.2, 0) is 14.3 Å². The van der Waals surface area contributed by atoms with Gasteiger partial charge < -0.3 is 9.80 Å². The van der Waals surface area contributed by atoms with Gasteiger partial charge in [-0.25, -0.2) is 0 Å². The fourth-order valence-electron chi connectivity index (χ4n) is 7.81. The topological polar surface area (TPSA) is 49.9 Å². The number of alkyl halides is 10. The molecule has 5 nitrogen and oxygen atoms in total. The zero-order valence-corrected chi connectivity index (χ0v) is 25.9. The van der Waals surface area contributed by atoms with E-state index in [1.165, 1.54) is 0 Å². The molecule has 2 amide bonds. The Morgan fingerprint density at radius 3 is 1.02 bits per heavy atom. The molecule has 0 bridgehead atoms. The van der Waals surface area contributed by atoms with Crippen molar-refractivity contribution in [3.05, 3.63) is 0 Å². The number of carbonyl (C=O) groups excluding carboxylic acids is 2. The first-order chi connectivity index (χ1) is 21.5. The third-order valence-electron chi connectivity index (χ3n) is 10.3. The molecule has 0 aromatic carbocycles. The highest BCUT2D eigenvalue weighted by atomic mass is 19.4. The molecule has 0 aliphatic heterocycles. The largest absolute Gasteiger partial charge is 0.458 e. The lowest BCUT2D eigenvalue weighted by Gasteiger charge is -2.46. The highest BCUT2D eigenvalue weighted by Crippen LogP contribution is 2.53. The fraction of sp³-hybridized carbons (Fsp3) is 0.935. The van der Waals surface area contributed by atoms with Gasteiger partial charge in [-0.3, -0.25) is 14.3 Å². The van der Waals surface area contributed by atoms with Crippen LogP contribution in [-0.4, -0.2) is 75.8 Å². The summed E-state index contributed by atoms with van der Waals surface area (Å²) in [6, 6.07) is -3.95. The standard InChI is InChI=1S/C31H44F10N2O3/c32-27(33,25(44)42(21-13-5-1-6-14-21)22-15-7-2-8-16-22)29(35,36)31(40,41)46-28(34,30(37,38)39)26(45)43(23-17-9-3-10-18-23)24-19-11-4-12-20-24/h21-24H,1-20H2/t28-/m1/s1.